The molecule has 6 heteroatoms. The van der Waals surface area contributed by atoms with Gasteiger partial charge in [-0.15, -0.1) is 11.3 Å². The minimum Gasteiger partial charge on any atom is -0.348 e. The van der Waals surface area contributed by atoms with Gasteiger partial charge in [-0.25, -0.2) is 9.97 Å². The number of hydrogen-bond donors (Lipinski definition) is 1. The fourth-order valence-corrected chi connectivity index (χ4v) is 3.96. The van der Waals surface area contributed by atoms with Crippen LogP contribution >= 0.6 is 11.3 Å². The molecule has 0 amide bonds. The van der Waals surface area contributed by atoms with E-state index in [1.807, 2.05) is 23.7 Å². The quantitative estimate of drug-likeness (QED) is 0.753. The molecule has 126 valence electrons. The van der Waals surface area contributed by atoms with Gasteiger partial charge in [0.2, 0.25) is 0 Å². The lowest BCUT2D eigenvalue weighted by atomic mass is 10.2. The van der Waals surface area contributed by atoms with Gasteiger partial charge in [0.15, 0.2) is 5.13 Å². The van der Waals surface area contributed by atoms with Crippen LogP contribution in [0.1, 0.15) is 49.7 Å². The third-order valence-electron chi connectivity index (χ3n) is 4.23. The molecule has 0 radical (unpaired) electrons. The molecule has 0 spiro atoms. The molecule has 5 nitrogen and oxygen atoms in total. The van der Waals surface area contributed by atoms with E-state index in [9.17, 15) is 0 Å². The van der Waals surface area contributed by atoms with Crippen molar-refractivity contribution in [2.24, 2.45) is 0 Å². The zero-order valence-electron chi connectivity index (χ0n) is 14.2. The van der Waals surface area contributed by atoms with Gasteiger partial charge in [-0.2, -0.15) is 0 Å². The van der Waals surface area contributed by atoms with E-state index in [0.717, 1.165) is 26.1 Å². The van der Waals surface area contributed by atoms with Crippen molar-refractivity contribution in [2.45, 2.75) is 52.1 Å². The van der Waals surface area contributed by atoms with Crippen LogP contribution in [0.2, 0.25) is 0 Å². The molecule has 1 fully saturated rings. The molecule has 0 unspecified atom stereocenters. The van der Waals surface area contributed by atoms with Gasteiger partial charge in [0.25, 0.3) is 0 Å². The summed E-state index contributed by atoms with van der Waals surface area (Å²) in [5.74, 6) is 1.67. The van der Waals surface area contributed by atoms with Crippen molar-refractivity contribution in [1.29, 1.82) is 0 Å². The lowest BCUT2D eigenvalue weighted by molar-refractivity contribution is 0.555. The topological polar surface area (TPSA) is 46.0 Å². The monoisotopic (exact) mass is 333 g/mol. The zero-order chi connectivity index (χ0) is 16.1. The molecule has 0 aromatic carbocycles. The molecule has 2 aromatic heterocycles. The van der Waals surface area contributed by atoms with Crippen LogP contribution in [-0.2, 0) is 13.1 Å². The Hall–Kier alpha value is -1.40. The van der Waals surface area contributed by atoms with Gasteiger partial charge in [0.1, 0.15) is 5.82 Å². The second-order valence-corrected chi connectivity index (χ2v) is 7.56. The Morgan fingerprint density at radius 3 is 2.87 bits per heavy atom. The van der Waals surface area contributed by atoms with E-state index < -0.39 is 0 Å². The molecule has 0 saturated carbocycles. The number of anilines is 1. The molecule has 1 saturated heterocycles. The number of nitrogens with zero attached hydrogens (tertiary/aromatic N) is 4. The van der Waals surface area contributed by atoms with Crippen LogP contribution < -0.4 is 10.2 Å². The molecule has 0 atom stereocenters. The van der Waals surface area contributed by atoms with E-state index >= 15 is 0 Å². The first kappa shape index (κ1) is 16.5. The van der Waals surface area contributed by atoms with Crippen molar-refractivity contribution in [1.82, 2.24) is 19.9 Å². The standard InChI is InChI=1S/C17H27N5S/c1-14(2)16-19-7-11-21(16)10-5-6-18-12-15-13-20-17(23-15)22-8-3-4-9-22/h7,11,13-14,18H,3-6,8-10,12H2,1-2H3. The normalized spacial score (nSPS) is 15.0. The molecule has 0 bridgehead atoms. The predicted molar refractivity (Wildman–Crippen MR) is 96.2 cm³/mol. The van der Waals surface area contributed by atoms with Crippen molar-refractivity contribution in [3.63, 3.8) is 0 Å². The summed E-state index contributed by atoms with van der Waals surface area (Å²) in [5, 5.41) is 4.73. The minimum absolute atomic E-state index is 0.485. The average Bonchev–Trinajstić information content (AvgIpc) is 3.28. The Kier molecular flexibility index (Phi) is 5.67. The number of thiazole rings is 1. The molecule has 2 aromatic rings. The van der Waals surface area contributed by atoms with Gasteiger partial charge in [-0.05, 0) is 25.8 Å². The fourth-order valence-electron chi connectivity index (χ4n) is 3.03. The first-order valence-electron chi connectivity index (χ1n) is 8.65. The minimum atomic E-state index is 0.485. The Bertz CT molecular complexity index is 598. The number of nitrogens with one attached hydrogen (secondary N) is 1. The summed E-state index contributed by atoms with van der Waals surface area (Å²) < 4.78 is 2.27. The van der Waals surface area contributed by atoms with E-state index in [0.29, 0.717) is 5.92 Å². The number of rotatable bonds is 8. The zero-order valence-corrected chi connectivity index (χ0v) is 15.0. The van der Waals surface area contributed by atoms with Crippen LogP contribution in [0, 0.1) is 0 Å². The Morgan fingerprint density at radius 1 is 1.26 bits per heavy atom. The van der Waals surface area contributed by atoms with E-state index in [1.54, 1.807) is 0 Å². The largest absolute Gasteiger partial charge is 0.348 e. The maximum atomic E-state index is 4.56. The van der Waals surface area contributed by atoms with E-state index in [-0.39, 0.29) is 0 Å². The van der Waals surface area contributed by atoms with Crippen LogP contribution in [-0.4, -0.2) is 34.2 Å². The van der Waals surface area contributed by atoms with Gasteiger partial charge in [-0.3, -0.25) is 0 Å². The molecule has 3 heterocycles. The summed E-state index contributed by atoms with van der Waals surface area (Å²) >= 11 is 1.83. The Labute approximate surface area is 142 Å². The number of aromatic nitrogens is 3. The van der Waals surface area contributed by atoms with Gasteiger partial charge in [0.05, 0.1) is 0 Å². The second-order valence-electron chi connectivity index (χ2n) is 6.47. The molecule has 1 aliphatic heterocycles. The smallest absolute Gasteiger partial charge is 0.185 e. The van der Waals surface area contributed by atoms with E-state index in [4.69, 9.17) is 0 Å². The highest BCUT2D eigenvalue weighted by atomic mass is 32.1. The number of aryl methyl sites for hydroxylation is 1. The van der Waals surface area contributed by atoms with E-state index in [1.165, 1.54) is 41.8 Å². The summed E-state index contributed by atoms with van der Waals surface area (Å²) in [4.78, 5) is 12.7. The number of hydrogen-bond acceptors (Lipinski definition) is 5. The van der Waals surface area contributed by atoms with Crippen LogP contribution in [0.25, 0.3) is 0 Å². The highest BCUT2D eigenvalue weighted by Crippen LogP contribution is 2.25. The van der Waals surface area contributed by atoms with Gasteiger partial charge in [-0.1, -0.05) is 13.8 Å². The molecule has 1 aliphatic rings. The van der Waals surface area contributed by atoms with Crippen molar-refractivity contribution in [3.05, 3.63) is 29.3 Å². The second kappa shape index (κ2) is 7.93. The van der Waals surface area contributed by atoms with Gasteiger partial charge >= 0.3 is 0 Å². The summed E-state index contributed by atoms with van der Waals surface area (Å²) in [5.41, 5.74) is 0. The van der Waals surface area contributed by atoms with Crippen LogP contribution in [0.3, 0.4) is 0 Å². The first-order valence-corrected chi connectivity index (χ1v) is 9.47. The van der Waals surface area contributed by atoms with Crippen molar-refractivity contribution < 1.29 is 0 Å². The molecular weight excluding hydrogens is 306 g/mol. The first-order chi connectivity index (χ1) is 11.2. The summed E-state index contributed by atoms with van der Waals surface area (Å²) in [6.45, 7) is 9.70. The molecule has 1 N–H and O–H groups in total. The summed E-state index contributed by atoms with van der Waals surface area (Å²) in [7, 11) is 0. The third kappa shape index (κ3) is 4.32. The predicted octanol–water partition coefficient (Wildman–Crippen LogP) is 3.24. The van der Waals surface area contributed by atoms with Crippen molar-refractivity contribution in [3.8, 4) is 0 Å². The maximum Gasteiger partial charge on any atom is 0.185 e. The molecule has 0 aliphatic carbocycles. The lowest BCUT2D eigenvalue weighted by Crippen LogP contribution is -2.17. The summed E-state index contributed by atoms with van der Waals surface area (Å²) in [6, 6.07) is 0. The average molecular weight is 334 g/mol. The van der Waals surface area contributed by atoms with Crippen molar-refractivity contribution >= 4 is 16.5 Å². The molecule has 23 heavy (non-hydrogen) atoms. The highest BCUT2D eigenvalue weighted by Gasteiger charge is 2.15. The van der Waals surface area contributed by atoms with Crippen LogP contribution in [0.4, 0.5) is 5.13 Å². The lowest BCUT2D eigenvalue weighted by Gasteiger charge is -2.12. The highest BCUT2D eigenvalue weighted by molar-refractivity contribution is 7.15. The molecule has 3 rings (SSSR count). The van der Waals surface area contributed by atoms with Gasteiger partial charge < -0.3 is 14.8 Å². The SMILES string of the molecule is CC(C)c1nccn1CCCNCc1cnc(N2CCCC2)s1. The van der Waals surface area contributed by atoms with Gasteiger partial charge in [0, 0.05) is 55.6 Å². The third-order valence-corrected chi connectivity index (χ3v) is 5.29. The Morgan fingerprint density at radius 2 is 2.09 bits per heavy atom. The Balaban J connectivity index is 1.37. The number of imidazole rings is 1. The summed E-state index contributed by atoms with van der Waals surface area (Å²) in [6.07, 6.45) is 9.74. The molecular formula is C17H27N5S. The maximum absolute atomic E-state index is 4.56. The van der Waals surface area contributed by atoms with E-state index in [2.05, 4.69) is 44.8 Å². The van der Waals surface area contributed by atoms with Crippen molar-refractivity contribution in [2.75, 3.05) is 24.5 Å². The van der Waals surface area contributed by atoms with Crippen LogP contribution in [0.15, 0.2) is 18.6 Å². The van der Waals surface area contributed by atoms with Crippen LogP contribution in [0.5, 0.6) is 0 Å². The fraction of sp³-hybridized carbons (Fsp3) is 0.647.